The number of ether oxygens (including phenoxy) is 3. The second kappa shape index (κ2) is 8.27. The molecule has 2 aliphatic carbocycles. The number of fused-ring (bicyclic) bond motifs is 3. The summed E-state index contributed by atoms with van der Waals surface area (Å²) in [4.78, 5) is 51.4. The summed E-state index contributed by atoms with van der Waals surface area (Å²) in [7, 11) is 1.29. The molecule has 1 aromatic heterocycles. The lowest BCUT2D eigenvalue weighted by Gasteiger charge is -2.61. The molecule has 3 aliphatic rings. The van der Waals surface area contributed by atoms with Crippen molar-refractivity contribution in [3.05, 3.63) is 24.2 Å². The van der Waals surface area contributed by atoms with Gasteiger partial charge >= 0.3 is 17.9 Å². The zero-order valence-corrected chi connectivity index (χ0v) is 19.2. The molecule has 33 heavy (non-hydrogen) atoms. The lowest BCUT2D eigenvalue weighted by Crippen LogP contribution is -2.65. The van der Waals surface area contributed by atoms with Crippen LogP contribution < -0.4 is 0 Å². The van der Waals surface area contributed by atoms with Crippen LogP contribution in [0.1, 0.15) is 58.3 Å². The Kier molecular flexibility index (Phi) is 5.88. The number of carbonyl (C=O) groups is 4. The number of cyclic esters (lactones) is 1. The van der Waals surface area contributed by atoms with Gasteiger partial charge in [-0.15, -0.1) is 0 Å². The van der Waals surface area contributed by atoms with E-state index in [0.717, 1.165) is 0 Å². The van der Waals surface area contributed by atoms with Gasteiger partial charge in [0.15, 0.2) is 11.9 Å². The molecule has 2 heterocycles. The molecule has 9 heteroatoms. The molecule has 1 saturated heterocycles. The zero-order chi connectivity index (χ0) is 24.1. The van der Waals surface area contributed by atoms with E-state index in [0.29, 0.717) is 12.8 Å². The maximum Gasteiger partial charge on any atom is 0.309 e. The third-order valence-electron chi connectivity index (χ3n) is 8.11. The highest BCUT2D eigenvalue weighted by atomic mass is 16.6. The molecule has 1 unspecified atom stereocenters. The molecule has 0 amide bonds. The number of ketones is 1. The lowest BCUT2D eigenvalue weighted by molar-refractivity contribution is -0.216. The van der Waals surface area contributed by atoms with E-state index in [9.17, 15) is 24.3 Å². The van der Waals surface area contributed by atoms with Crippen LogP contribution in [0.25, 0.3) is 0 Å². The average Bonchev–Trinajstić information content (AvgIpc) is 3.28. The number of aliphatic hydroxyl groups is 1. The van der Waals surface area contributed by atoms with Crippen molar-refractivity contribution in [2.75, 3.05) is 7.11 Å². The first-order chi connectivity index (χ1) is 15.5. The molecule has 3 fully saturated rings. The summed E-state index contributed by atoms with van der Waals surface area (Å²) < 4.78 is 21.3. The first kappa shape index (κ1) is 23.5. The van der Waals surface area contributed by atoms with Crippen molar-refractivity contribution in [1.82, 2.24) is 0 Å². The molecule has 0 aromatic carbocycles. The van der Waals surface area contributed by atoms with Crippen LogP contribution in [-0.2, 0) is 33.4 Å². The summed E-state index contributed by atoms with van der Waals surface area (Å²) in [6.45, 7) is 4.93. The third kappa shape index (κ3) is 3.66. The van der Waals surface area contributed by atoms with E-state index in [1.807, 2.05) is 13.8 Å². The van der Waals surface area contributed by atoms with Crippen molar-refractivity contribution < 1.29 is 42.9 Å². The van der Waals surface area contributed by atoms with E-state index in [1.165, 1.54) is 20.3 Å². The largest absolute Gasteiger partial charge is 0.469 e. The monoisotopic (exact) mass is 462 g/mol. The molecular formula is C24H30O9. The lowest BCUT2D eigenvalue weighted by atomic mass is 9.43. The minimum atomic E-state index is -1.20. The van der Waals surface area contributed by atoms with Crippen LogP contribution in [0.15, 0.2) is 22.8 Å². The molecule has 0 spiro atoms. The van der Waals surface area contributed by atoms with Gasteiger partial charge in [-0.1, -0.05) is 13.8 Å². The number of carbonyl (C=O) groups excluding carboxylic acids is 4. The Morgan fingerprint density at radius 2 is 1.97 bits per heavy atom. The van der Waals surface area contributed by atoms with Crippen molar-refractivity contribution in [3.8, 4) is 0 Å². The SMILES string of the molecule is COC(=O)[C@@H]1C[C@@H](OC(C)=O)C(=O)[C@H]2[C@@]1(C)CC[C@H]1C(=O)O[C@@H](C(O)c3ccco3)C[C@]21C. The quantitative estimate of drug-likeness (QED) is 0.529. The molecule has 180 valence electrons. The van der Waals surface area contributed by atoms with Gasteiger partial charge < -0.3 is 23.7 Å². The minimum absolute atomic E-state index is 0.0434. The van der Waals surface area contributed by atoms with Gasteiger partial charge in [-0.3, -0.25) is 19.2 Å². The number of methoxy groups -OCH3 is 1. The molecule has 0 radical (unpaired) electrons. The van der Waals surface area contributed by atoms with Crippen LogP contribution in [-0.4, -0.2) is 48.1 Å². The Hall–Kier alpha value is -2.68. The Balaban J connectivity index is 1.76. The second-order valence-corrected chi connectivity index (χ2v) is 9.99. The van der Waals surface area contributed by atoms with Crippen molar-refractivity contribution in [2.45, 2.75) is 64.8 Å². The van der Waals surface area contributed by atoms with Gasteiger partial charge in [0.25, 0.3) is 0 Å². The first-order valence-corrected chi connectivity index (χ1v) is 11.2. The highest BCUT2D eigenvalue weighted by Gasteiger charge is 2.68. The van der Waals surface area contributed by atoms with Crippen molar-refractivity contribution >= 4 is 23.7 Å². The Morgan fingerprint density at radius 1 is 1.24 bits per heavy atom. The van der Waals surface area contributed by atoms with Gasteiger partial charge in [0.2, 0.25) is 0 Å². The predicted octanol–water partition coefficient (Wildman–Crippen LogP) is 2.36. The molecular weight excluding hydrogens is 432 g/mol. The maximum absolute atomic E-state index is 13.8. The predicted molar refractivity (Wildman–Crippen MR) is 111 cm³/mol. The zero-order valence-electron chi connectivity index (χ0n) is 19.2. The molecule has 1 aromatic rings. The number of furan rings is 1. The van der Waals surface area contributed by atoms with Crippen molar-refractivity contribution in [1.29, 1.82) is 0 Å². The fourth-order valence-corrected chi connectivity index (χ4v) is 6.68. The van der Waals surface area contributed by atoms with Crippen LogP contribution in [0.4, 0.5) is 0 Å². The second-order valence-electron chi connectivity index (χ2n) is 9.99. The molecule has 1 aliphatic heterocycles. The summed E-state index contributed by atoms with van der Waals surface area (Å²) >= 11 is 0. The Bertz CT molecular complexity index is 953. The summed E-state index contributed by atoms with van der Waals surface area (Å²) in [6, 6.07) is 3.22. The van der Waals surface area contributed by atoms with Crippen LogP contribution in [0.5, 0.6) is 0 Å². The topological polar surface area (TPSA) is 129 Å². The van der Waals surface area contributed by atoms with Gasteiger partial charge in [0.05, 0.1) is 25.2 Å². The smallest absolute Gasteiger partial charge is 0.309 e. The van der Waals surface area contributed by atoms with Gasteiger partial charge in [-0.2, -0.15) is 0 Å². The number of rotatable bonds is 4. The molecule has 8 atom stereocenters. The molecule has 2 saturated carbocycles. The van der Waals surface area contributed by atoms with Crippen LogP contribution >= 0.6 is 0 Å². The van der Waals surface area contributed by atoms with Gasteiger partial charge in [0.1, 0.15) is 18.0 Å². The van der Waals surface area contributed by atoms with E-state index >= 15 is 0 Å². The summed E-state index contributed by atoms with van der Waals surface area (Å²) in [5.41, 5.74) is -1.73. The molecule has 0 bridgehead atoms. The highest BCUT2D eigenvalue weighted by Crippen LogP contribution is 2.64. The van der Waals surface area contributed by atoms with E-state index in [-0.39, 0.29) is 24.4 Å². The number of hydrogen-bond acceptors (Lipinski definition) is 9. The van der Waals surface area contributed by atoms with Gasteiger partial charge in [-0.05, 0) is 42.2 Å². The first-order valence-electron chi connectivity index (χ1n) is 11.2. The van der Waals surface area contributed by atoms with Crippen LogP contribution in [0.3, 0.4) is 0 Å². The normalized spacial score (nSPS) is 39.0. The minimum Gasteiger partial charge on any atom is -0.469 e. The van der Waals surface area contributed by atoms with Crippen LogP contribution in [0.2, 0.25) is 0 Å². The van der Waals surface area contributed by atoms with Crippen molar-refractivity contribution in [3.63, 3.8) is 0 Å². The number of Topliss-reactive ketones (excluding diaryl/α,β-unsaturated/α-hetero) is 1. The fraction of sp³-hybridized carbons (Fsp3) is 0.667. The van der Waals surface area contributed by atoms with E-state index < -0.39 is 64.8 Å². The molecule has 4 rings (SSSR count). The summed E-state index contributed by atoms with van der Waals surface area (Å²) in [5.74, 6) is -3.67. The molecule has 9 nitrogen and oxygen atoms in total. The number of aliphatic hydroxyl groups excluding tert-OH is 1. The van der Waals surface area contributed by atoms with Gasteiger partial charge in [0, 0.05) is 19.3 Å². The number of hydrogen-bond donors (Lipinski definition) is 1. The summed E-state index contributed by atoms with van der Waals surface area (Å²) in [6.07, 6.45) is -0.700. The fourth-order valence-electron chi connectivity index (χ4n) is 6.68. The van der Waals surface area contributed by atoms with Crippen LogP contribution in [0, 0.1) is 28.6 Å². The van der Waals surface area contributed by atoms with Gasteiger partial charge in [-0.25, -0.2) is 0 Å². The van der Waals surface area contributed by atoms with Crippen molar-refractivity contribution in [2.24, 2.45) is 28.6 Å². The van der Waals surface area contributed by atoms with E-state index in [2.05, 4.69) is 0 Å². The third-order valence-corrected chi connectivity index (χ3v) is 8.11. The maximum atomic E-state index is 13.8. The number of esters is 3. The standard InChI is InChI=1S/C24H30O9/c1-12(25)32-16-10-14(21(28)30-4)23(2)8-7-13-22(29)33-17(18(26)15-6-5-9-31-15)11-24(13,3)20(23)19(16)27/h5-6,9,13-14,16-18,20,26H,7-8,10-11H2,1-4H3/t13-,14-,16+,17+,18?,20-,23-,24-/m0/s1. The Labute approximate surface area is 191 Å². The molecule has 1 N–H and O–H groups in total. The highest BCUT2D eigenvalue weighted by molar-refractivity contribution is 5.93. The average molecular weight is 462 g/mol. The van der Waals surface area contributed by atoms with E-state index in [4.69, 9.17) is 18.6 Å². The Morgan fingerprint density at radius 3 is 2.58 bits per heavy atom. The summed E-state index contributed by atoms with van der Waals surface area (Å²) in [5, 5.41) is 10.8. The van der Waals surface area contributed by atoms with E-state index in [1.54, 1.807) is 12.1 Å².